The van der Waals surface area contributed by atoms with Gasteiger partial charge in [0, 0.05) is 21.4 Å². The maximum absolute atomic E-state index is 13.9. The summed E-state index contributed by atoms with van der Waals surface area (Å²) in [5.74, 6) is 0.482. The molecule has 2 N–H and O–H groups in total. The van der Waals surface area contributed by atoms with Crippen LogP contribution < -0.4 is 5.32 Å². The van der Waals surface area contributed by atoms with Crippen molar-refractivity contribution in [3.8, 4) is 10.4 Å². The van der Waals surface area contributed by atoms with Crippen LogP contribution in [-0.4, -0.2) is 11.7 Å². The third kappa shape index (κ3) is 3.52. The summed E-state index contributed by atoms with van der Waals surface area (Å²) in [5, 5.41) is 12.9. The van der Waals surface area contributed by atoms with E-state index in [9.17, 15) is 9.50 Å². The van der Waals surface area contributed by atoms with Crippen LogP contribution in [0.5, 0.6) is 0 Å². The first-order chi connectivity index (χ1) is 11.2. The Morgan fingerprint density at radius 2 is 2.00 bits per heavy atom. The van der Waals surface area contributed by atoms with E-state index in [0.29, 0.717) is 11.3 Å². The molecular formula is C18H18FNO2S. The van der Waals surface area contributed by atoms with Gasteiger partial charge >= 0.3 is 0 Å². The zero-order valence-electron chi connectivity index (χ0n) is 12.7. The van der Waals surface area contributed by atoms with Crippen LogP contribution in [0.15, 0.2) is 59.2 Å². The van der Waals surface area contributed by atoms with Crippen molar-refractivity contribution in [3.63, 3.8) is 0 Å². The van der Waals surface area contributed by atoms with Crippen LogP contribution in [0.3, 0.4) is 0 Å². The zero-order chi connectivity index (χ0) is 16.2. The van der Waals surface area contributed by atoms with Crippen molar-refractivity contribution in [3.05, 3.63) is 71.2 Å². The van der Waals surface area contributed by atoms with Gasteiger partial charge in [-0.15, -0.1) is 11.3 Å². The van der Waals surface area contributed by atoms with Crippen LogP contribution in [-0.2, 0) is 0 Å². The van der Waals surface area contributed by atoms with Gasteiger partial charge in [-0.2, -0.15) is 0 Å². The number of furan rings is 1. The quantitative estimate of drug-likeness (QED) is 0.697. The summed E-state index contributed by atoms with van der Waals surface area (Å²) in [6, 6.07) is 14.1. The topological polar surface area (TPSA) is 45.4 Å². The molecule has 3 aromatic rings. The minimum absolute atomic E-state index is 0.0165. The monoisotopic (exact) mass is 331 g/mol. The highest BCUT2D eigenvalue weighted by Gasteiger charge is 2.18. The van der Waals surface area contributed by atoms with Crippen molar-refractivity contribution in [1.29, 1.82) is 0 Å². The Morgan fingerprint density at radius 3 is 2.70 bits per heavy atom. The third-order valence-electron chi connectivity index (χ3n) is 3.71. The molecule has 0 radical (unpaired) electrons. The predicted molar refractivity (Wildman–Crippen MR) is 89.8 cm³/mol. The molecule has 0 aliphatic carbocycles. The summed E-state index contributed by atoms with van der Waals surface area (Å²) in [5.41, 5.74) is 0.612. The number of aliphatic hydroxyl groups excluding tert-OH is 1. The van der Waals surface area contributed by atoms with E-state index in [-0.39, 0.29) is 24.5 Å². The second-order valence-corrected chi connectivity index (χ2v) is 6.44. The van der Waals surface area contributed by atoms with Gasteiger partial charge in [-0.05, 0) is 37.3 Å². The number of hydrogen-bond donors (Lipinski definition) is 2. The summed E-state index contributed by atoms with van der Waals surface area (Å²) in [6.45, 7) is 1.96. The lowest BCUT2D eigenvalue weighted by Crippen LogP contribution is -2.26. The fourth-order valence-electron chi connectivity index (χ4n) is 2.49. The fraction of sp³-hybridized carbons (Fsp3) is 0.222. The van der Waals surface area contributed by atoms with Gasteiger partial charge in [-0.25, -0.2) is 4.39 Å². The molecule has 23 heavy (non-hydrogen) atoms. The molecule has 0 bridgehead atoms. The van der Waals surface area contributed by atoms with Gasteiger partial charge in [0.15, 0.2) is 0 Å². The van der Waals surface area contributed by atoms with Crippen molar-refractivity contribution in [2.45, 2.75) is 19.0 Å². The Balaban J connectivity index is 1.76. The number of hydrogen-bond acceptors (Lipinski definition) is 4. The second-order valence-electron chi connectivity index (χ2n) is 5.32. The summed E-state index contributed by atoms with van der Waals surface area (Å²) in [4.78, 5) is 1.97. The molecule has 120 valence electrons. The molecule has 0 aliphatic heterocycles. The van der Waals surface area contributed by atoms with E-state index in [1.54, 1.807) is 35.8 Å². The largest absolute Gasteiger partial charge is 0.468 e. The van der Waals surface area contributed by atoms with Gasteiger partial charge in [0.25, 0.3) is 0 Å². The summed E-state index contributed by atoms with van der Waals surface area (Å²) in [7, 11) is 0. The molecule has 2 atom stereocenters. The molecule has 0 saturated heterocycles. The Kier molecular flexibility index (Phi) is 4.91. The number of rotatable bonds is 6. The highest BCUT2D eigenvalue weighted by Crippen LogP contribution is 2.33. The molecule has 0 amide bonds. The molecule has 3 nitrogen and oxygen atoms in total. The maximum atomic E-state index is 13.9. The molecule has 3 rings (SSSR count). The van der Waals surface area contributed by atoms with Crippen LogP contribution in [0.2, 0.25) is 0 Å². The highest BCUT2D eigenvalue weighted by molar-refractivity contribution is 7.15. The Morgan fingerprint density at radius 1 is 1.17 bits per heavy atom. The normalized spacial score (nSPS) is 13.9. The van der Waals surface area contributed by atoms with Gasteiger partial charge in [-0.3, -0.25) is 5.32 Å². The van der Waals surface area contributed by atoms with Gasteiger partial charge in [0.1, 0.15) is 11.6 Å². The van der Waals surface area contributed by atoms with Gasteiger partial charge in [-0.1, -0.05) is 18.2 Å². The number of halogens is 1. The van der Waals surface area contributed by atoms with Crippen molar-refractivity contribution in [2.24, 2.45) is 0 Å². The summed E-state index contributed by atoms with van der Waals surface area (Å²) < 4.78 is 19.2. The van der Waals surface area contributed by atoms with Crippen molar-refractivity contribution in [1.82, 2.24) is 5.32 Å². The number of benzene rings is 1. The van der Waals surface area contributed by atoms with E-state index in [4.69, 9.17) is 4.42 Å². The van der Waals surface area contributed by atoms with Gasteiger partial charge < -0.3 is 9.52 Å². The van der Waals surface area contributed by atoms with E-state index >= 15 is 0 Å². The lowest BCUT2D eigenvalue weighted by Gasteiger charge is -2.19. The first-order valence-electron chi connectivity index (χ1n) is 7.44. The SMILES string of the molecule is CC(NC(CO)c1ccco1)c1ccc(-c2ccccc2F)s1. The second kappa shape index (κ2) is 7.08. The lowest BCUT2D eigenvalue weighted by molar-refractivity contribution is 0.217. The van der Waals surface area contributed by atoms with Crippen LogP contribution in [0.25, 0.3) is 10.4 Å². The molecule has 0 spiro atoms. The average molecular weight is 331 g/mol. The fourth-order valence-corrected chi connectivity index (χ4v) is 3.54. The molecule has 0 saturated carbocycles. The molecule has 1 aromatic carbocycles. The van der Waals surface area contributed by atoms with Crippen molar-refractivity contribution in [2.75, 3.05) is 6.61 Å². The van der Waals surface area contributed by atoms with Gasteiger partial charge in [0.05, 0.1) is 18.9 Å². The van der Waals surface area contributed by atoms with E-state index in [0.717, 1.165) is 9.75 Å². The van der Waals surface area contributed by atoms with Crippen LogP contribution in [0.1, 0.15) is 29.6 Å². The average Bonchev–Trinajstić information content (AvgIpc) is 3.24. The maximum Gasteiger partial charge on any atom is 0.131 e. The van der Waals surface area contributed by atoms with E-state index in [1.807, 2.05) is 31.2 Å². The minimum Gasteiger partial charge on any atom is -0.468 e. The van der Waals surface area contributed by atoms with E-state index < -0.39 is 0 Å². The van der Waals surface area contributed by atoms with Gasteiger partial charge in [0.2, 0.25) is 0 Å². The van der Waals surface area contributed by atoms with Crippen molar-refractivity contribution >= 4 is 11.3 Å². The van der Waals surface area contributed by atoms with E-state index in [1.165, 1.54) is 6.07 Å². The molecule has 2 heterocycles. The minimum atomic E-state index is -0.265. The van der Waals surface area contributed by atoms with Crippen LogP contribution in [0.4, 0.5) is 4.39 Å². The Labute approximate surface area is 138 Å². The lowest BCUT2D eigenvalue weighted by atomic mass is 10.1. The Bertz CT molecular complexity index is 754. The first-order valence-corrected chi connectivity index (χ1v) is 8.25. The molecular weight excluding hydrogens is 313 g/mol. The molecule has 2 aromatic heterocycles. The summed E-state index contributed by atoms with van der Waals surface area (Å²) in [6.07, 6.45) is 1.59. The van der Waals surface area contributed by atoms with Crippen LogP contribution >= 0.6 is 11.3 Å². The number of nitrogens with one attached hydrogen (secondary N) is 1. The van der Waals surface area contributed by atoms with E-state index in [2.05, 4.69) is 5.32 Å². The Hall–Kier alpha value is -1.95. The third-order valence-corrected chi connectivity index (χ3v) is 5.01. The zero-order valence-corrected chi connectivity index (χ0v) is 13.5. The predicted octanol–water partition coefficient (Wildman–Crippen LogP) is 4.53. The first kappa shape index (κ1) is 15.9. The smallest absolute Gasteiger partial charge is 0.131 e. The van der Waals surface area contributed by atoms with Crippen molar-refractivity contribution < 1.29 is 13.9 Å². The van der Waals surface area contributed by atoms with Crippen LogP contribution in [0, 0.1) is 5.82 Å². The molecule has 0 fully saturated rings. The molecule has 0 aliphatic rings. The summed E-state index contributed by atoms with van der Waals surface area (Å²) >= 11 is 1.54. The number of aliphatic hydroxyl groups is 1. The molecule has 5 heteroatoms. The standard InChI is InChI=1S/C18H18FNO2S/c1-12(20-15(11-21)16-7-4-10-22-16)17-8-9-18(23-17)13-5-2-3-6-14(13)19/h2-10,12,15,20-21H,11H2,1H3. The molecule has 2 unspecified atom stereocenters. The highest BCUT2D eigenvalue weighted by atomic mass is 32.1. The number of thiophene rings is 1.